The van der Waals surface area contributed by atoms with Gasteiger partial charge >= 0.3 is 5.97 Å². The number of nitrogens with zero attached hydrogens (tertiary/aromatic N) is 1. The van der Waals surface area contributed by atoms with Gasteiger partial charge < -0.3 is 15.4 Å². The van der Waals surface area contributed by atoms with Crippen LogP contribution in [0.25, 0.3) is 0 Å². The molecule has 0 heterocycles. The molecule has 0 amide bonds. The maximum Gasteiger partial charge on any atom is 0.338 e. The third-order valence-corrected chi connectivity index (χ3v) is 1.96. The van der Waals surface area contributed by atoms with Crippen LogP contribution in [0.1, 0.15) is 37.8 Å². The number of nitrogens with two attached hydrogens (primary N) is 1. The van der Waals surface area contributed by atoms with Gasteiger partial charge in [-0.25, -0.2) is 4.79 Å². The summed E-state index contributed by atoms with van der Waals surface area (Å²) in [6.45, 7) is -14.7. The first-order valence-corrected chi connectivity index (χ1v) is 4.82. The first kappa shape index (κ1) is 6.26. The van der Waals surface area contributed by atoms with E-state index >= 15 is 0 Å². The number of halogens is 1. The van der Waals surface area contributed by atoms with Gasteiger partial charge in [-0.1, -0.05) is 13.7 Å². The van der Waals surface area contributed by atoms with Gasteiger partial charge in [0.25, 0.3) is 0 Å². The van der Waals surface area contributed by atoms with Crippen LogP contribution < -0.4 is 5.73 Å². The smallest absolute Gasteiger partial charge is 0.338 e. The van der Waals surface area contributed by atoms with Crippen LogP contribution in [0.2, 0.25) is 0 Å². The van der Waals surface area contributed by atoms with Crippen molar-refractivity contribution in [2.75, 3.05) is 31.9 Å². The van der Waals surface area contributed by atoms with E-state index in [2.05, 4.69) is 0 Å². The normalized spacial score (nSPS) is 21.2. The monoisotopic (exact) mass is 282 g/mol. The summed E-state index contributed by atoms with van der Waals surface area (Å²) in [6, 6.07) is 5.64. The molecule has 0 aromatic heterocycles. The van der Waals surface area contributed by atoms with E-state index in [-0.39, 0.29) is 22.9 Å². The van der Waals surface area contributed by atoms with E-state index in [1.54, 1.807) is 0 Å². The summed E-state index contributed by atoms with van der Waals surface area (Å²) in [6.07, 6.45) is 0. The number of likely N-dealkylation sites (N-methyl/N-ethyl adjacent to an activating group) is 1. The maximum atomic E-state index is 11.9. The number of benzene rings is 1. The molecule has 0 radical (unpaired) electrons. The number of carbonyl (C=O) groups excluding carboxylic acids is 1. The number of esters is 1. The predicted molar refractivity (Wildman–Crippen MR) is 76.2 cm³/mol. The van der Waals surface area contributed by atoms with Crippen LogP contribution in [0, 0.1) is 0 Å². The molecule has 0 aliphatic rings. The van der Waals surface area contributed by atoms with Gasteiger partial charge in [-0.2, -0.15) is 0 Å². The fourth-order valence-corrected chi connectivity index (χ4v) is 1.07. The number of ether oxygens (including phenoxy) is 1. The summed E-state index contributed by atoms with van der Waals surface area (Å²) < 4.78 is 79.4. The van der Waals surface area contributed by atoms with Gasteiger partial charge in [0.1, 0.15) is 6.61 Å². The van der Waals surface area contributed by atoms with Gasteiger partial charge in [-0.15, -0.1) is 12.4 Å². The number of hydrogen-bond donors (Lipinski definition) is 1. The van der Waals surface area contributed by atoms with Crippen LogP contribution >= 0.6 is 12.4 Å². The standard InChI is InChI=1S/C13H20N2O2.ClH/c1-3-15(4-2)9-10-17-13(16)11-5-7-12(14)8-6-11;/h5-8H,3-4,9-10,14H2,1-2H3;1H/i1D3,2D3,3D2,4D2;. The molecule has 1 aromatic carbocycles. The predicted octanol–water partition coefficient (Wildman–Crippen LogP) is 2.19. The number of carbonyl (C=O) groups is 1. The van der Waals surface area contributed by atoms with E-state index < -0.39 is 45.8 Å². The van der Waals surface area contributed by atoms with E-state index in [1.807, 2.05) is 0 Å². The molecule has 0 saturated carbocycles. The quantitative estimate of drug-likeness (QED) is 0.642. The van der Waals surface area contributed by atoms with Gasteiger partial charge in [0.15, 0.2) is 0 Å². The van der Waals surface area contributed by atoms with E-state index in [0.717, 1.165) is 0 Å². The van der Waals surface area contributed by atoms with Crippen LogP contribution in [-0.4, -0.2) is 37.0 Å². The molecule has 0 spiro atoms. The van der Waals surface area contributed by atoms with Crippen molar-refractivity contribution in [3.8, 4) is 0 Å². The van der Waals surface area contributed by atoms with Gasteiger partial charge in [0.05, 0.1) is 5.56 Å². The topological polar surface area (TPSA) is 55.6 Å². The minimum atomic E-state index is -3.34. The summed E-state index contributed by atoms with van der Waals surface area (Å²) in [5, 5.41) is 0. The highest BCUT2D eigenvalue weighted by Gasteiger charge is 2.07. The minimum absolute atomic E-state index is 0. The zero-order valence-corrected chi connectivity index (χ0v) is 10.3. The van der Waals surface area contributed by atoms with Crippen molar-refractivity contribution >= 4 is 24.1 Å². The Hall–Kier alpha value is -1.26. The molecule has 4 nitrogen and oxygen atoms in total. The maximum absolute atomic E-state index is 11.9. The lowest BCUT2D eigenvalue weighted by Crippen LogP contribution is -2.27. The van der Waals surface area contributed by atoms with Crippen LogP contribution in [0.4, 0.5) is 5.69 Å². The molecule has 0 fully saturated rings. The Morgan fingerprint density at radius 1 is 1.39 bits per heavy atom. The van der Waals surface area contributed by atoms with Gasteiger partial charge in [-0.3, -0.25) is 0 Å². The fourth-order valence-electron chi connectivity index (χ4n) is 1.07. The average molecular weight is 283 g/mol. The summed E-state index contributed by atoms with van der Waals surface area (Å²) >= 11 is 0. The Morgan fingerprint density at radius 2 is 2.00 bits per heavy atom. The second-order valence-corrected chi connectivity index (χ2v) is 3.13. The number of rotatable bonds is 6. The lowest BCUT2D eigenvalue weighted by atomic mass is 10.2. The number of anilines is 1. The molecule has 102 valence electrons. The third kappa shape index (κ3) is 5.38. The van der Waals surface area contributed by atoms with Crippen molar-refractivity contribution in [1.82, 2.24) is 4.90 Å². The van der Waals surface area contributed by atoms with E-state index in [1.165, 1.54) is 24.3 Å². The zero-order valence-electron chi connectivity index (χ0n) is 19.5. The number of nitrogen functional groups attached to an aromatic ring is 1. The first-order valence-electron chi connectivity index (χ1n) is 9.82. The molecule has 1 aromatic rings. The van der Waals surface area contributed by atoms with E-state index in [4.69, 9.17) is 24.2 Å². The van der Waals surface area contributed by atoms with E-state index in [9.17, 15) is 4.79 Å². The second kappa shape index (κ2) is 8.78. The summed E-state index contributed by atoms with van der Waals surface area (Å²) in [4.78, 5) is 12.0. The highest BCUT2D eigenvalue weighted by molar-refractivity contribution is 5.89. The molecule has 0 atom stereocenters. The number of hydrogen-bond acceptors (Lipinski definition) is 4. The Balaban J connectivity index is 0.00000729. The Morgan fingerprint density at radius 3 is 2.56 bits per heavy atom. The van der Waals surface area contributed by atoms with Crippen molar-refractivity contribution in [2.24, 2.45) is 0 Å². The summed E-state index contributed by atoms with van der Waals surface area (Å²) in [5.41, 5.74) is 6.03. The van der Waals surface area contributed by atoms with Crippen molar-refractivity contribution in [1.29, 1.82) is 0 Å². The Kier molecular flexibility index (Phi) is 3.05. The van der Waals surface area contributed by atoms with Crippen LogP contribution in [0.5, 0.6) is 0 Å². The molecule has 0 saturated heterocycles. The SMILES string of the molecule is Cl.[2H]C([2H])([2H])C([2H])([2H])N(CCOC(=O)c1ccc(N)cc1)C([2H])([2H])C([2H])([2H])[2H]. The largest absolute Gasteiger partial charge is 0.461 e. The van der Waals surface area contributed by atoms with Crippen molar-refractivity contribution < 1.29 is 23.2 Å². The van der Waals surface area contributed by atoms with Gasteiger partial charge in [0, 0.05) is 25.9 Å². The molecule has 0 aliphatic carbocycles. The second-order valence-electron chi connectivity index (χ2n) is 3.13. The summed E-state index contributed by atoms with van der Waals surface area (Å²) in [5.74, 6) is -0.834. The molecule has 18 heavy (non-hydrogen) atoms. The molecule has 2 N–H and O–H groups in total. The molecule has 0 aliphatic heterocycles. The molecule has 1 rings (SSSR count). The highest BCUT2D eigenvalue weighted by atomic mass is 35.5. The molecular formula is C13H21ClN2O2. The molecule has 5 heteroatoms. The minimum Gasteiger partial charge on any atom is -0.461 e. The van der Waals surface area contributed by atoms with E-state index in [0.29, 0.717) is 5.69 Å². The van der Waals surface area contributed by atoms with Crippen LogP contribution in [0.3, 0.4) is 0 Å². The van der Waals surface area contributed by atoms with Crippen molar-refractivity contribution in [3.05, 3.63) is 29.8 Å². The molecular weight excluding hydrogens is 252 g/mol. The third-order valence-electron chi connectivity index (χ3n) is 1.96. The average Bonchev–Trinajstić information content (AvgIpc) is 2.49. The Bertz CT molecular complexity index is 635. The first-order chi connectivity index (χ1) is 12.0. The molecule has 0 unspecified atom stereocenters. The van der Waals surface area contributed by atoms with Gasteiger partial charge in [0.2, 0.25) is 0 Å². The van der Waals surface area contributed by atoms with Crippen LogP contribution in [-0.2, 0) is 4.74 Å². The fraction of sp³-hybridized carbons (Fsp3) is 0.462. The Labute approximate surface area is 129 Å². The van der Waals surface area contributed by atoms with Gasteiger partial charge in [-0.05, 0) is 37.3 Å². The van der Waals surface area contributed by atoms with Crippen molar-refractivity contribution in [2.45, 2.75) is 13.7 Å². The lowest BCUT2D eigenvalue weighted by molar-refractivity contribution is 0.0466. The van der Waals surface area contributed by atoms with Crippen molar-refractivity contribution in [3.63, 3.8) is 0 Å². The van der Waals surface area contributed by atoms with Crippen LogP contribution in [0.15, 0.2) is 24.3 Å². The zero-order chi connectivity index (χ0) is 21.3. The lowest BCUT2D eigenvalue weighted by Gasteiger charge is -2.17. The highest BCUT2D eigenvalue weighted by Crippen LogP contribution is 2.06. The molecule has 0 bridgehead atoms. The summed E-state index contributed by atoms with van der Waals surface area (Å²) in [7, 11) is 0.